The van der Waals surface area contributed by atoms with Crippen LogP contribution in [-0.2, 0) is 17.8 Å². The predicted molar refractivity (Wildman–Crippen MR) is 109 cm³/mol. The van der Waals surface area contributed by atoms with Crippen molar-refractivity contribution < 1.29 is 4.79 Å². The van der Waals surface area contributed by atoms with Crippen LogP contribution < -0.4 is 5.32 Å². The Kier molecular flexibility index (Phi) is 5.43. The third-order valence-corrected chi connectivity index (χ3v) is 6.04. The van der Waals surface area contributed by atoms with Crippen LogP contribution in [0.5, 0.6) is 0 Å². The van der Waals surface area contributed by atoms with E-state index in [2.05, 4.69) is 44.3 Å². The third-order valence-electron chi connectivity index (χ3n) is 5.08. The molecule has 2 heterocycles. The highest BCUT2D eigenvalue weighted by Crippen LogP contribution is 2.25. The van der Waals surface area contributed by atoms with Crippen LogP contribution in [0.25, 0.3) is 10.8 Å². The van der Waals surface area contributed by atoms with Crippen molar-refractivity contribution in [1.82, 2.24) is 20.1 Å². The van der Waals surface area contributed by atoms with Crippen molar-refractivity contribution in [2.24, 2.45) is 0 Å². The molecule has 1 amide bonds. The lowest BCUT2D eigenvalue weighted by Gasteiger charge is -2.16. The third kappa shape index (κ3) is 4.00. The van der Waals surface area contributed by atoms with E-state index in [4.69, 9.17) is 0 Å². The molecule has 0 radical (unpaired) electrons. The van der Waals surface area contributed by atoms with E-state index in [0.717, 1.165) is 35.9 Å². The second kappa shape index (κ2) is 8.13. The largest absolute Gasteiger partial charge is 0.349 e. The Hall–Kier alpha value is -2.34. The molecule has 5 nitrogen and oxygen atoms in total. The molecule has 1 aliphatic rings. The molecular formula is C21H24N4OS. The fourth-order valence-corrected chi connectivity index (χ4v) is 4.48. The molecule has 1 N–H and O–H groups in total. The first-order valence-electron chi connectivity index (χ1n) is 9.54. The molecule has 0 fully saturated rings. The summed E-state index contributed by atoms with van der Waals surface area (Å²) < 4.78 is 2.18. The number of amides is 1. The monoisotopic (exact) mass is 380 g/mol. The van der Waals surface area contributed by atoms with E-state index in [0.29, 0.717) is 5.75 Å². The second-order valence-electron chi connectivity index (χ2n) is 7.01. The van der Waals surface area contributed by atoms with Gasteiger partial charge in [0.05, 0.1) is 11.8 Å². The number of fused-ring (bicyclic) bond motifs is 2. The summed E-state index contributed by atoms with van der Waals surface area (Å²) in [5, 5.41) is 14.9. The Morgan fingerprint density at radius 2 is 2.00 bits per heavy atom. The summed E-state index contributed by atoms with van der Waals surface area (Å²) in [5.41, 5.74) is 1.14. The van der Waals surface area contributed by atoms with Crippen LogP contribution >= 0.6 is 11.8 Å². The summed E-state index contributed by atoms with van der Waals surface area (Å²) in [7, 11) is 0. The fourth-order valence-electron chi connectivity index (χ4n) is 3.68. The van der Waals surface area contributed by atoms with E-state index in [-0.39, 0.29) is 11.9 Å². The predicted octanol–water partition coefficient (Wildman–Crippen LogP) is 4.13. The molecule has 4 rings (SSSR count). The van der Waals surface area contributed by atoms with Gasteiger partial charge < -0.3 is 9.88 Å². The minimum atomic E-state index is -0.0419. The maximum absolute atomic E-state index is 12.5. The molecule has 1 aliphatic heterocycles. The Bertz CT molecular complexity index is 947. The summed E-state index contributed by atoms with van der Waals surface area (Å²) in [6.45, 7) is 2.99. The van der Waals surface area contributed by atoms with E-state index >= 15 is 0 Å². The lowest BCUT2D eigenvalue weighted by Crippen LogP contribution is -2.28. The molecule has 0 aliphatic carbocycles. The average Bonchev–Trinajstić information content (AvgIpc) is 2.92. The molecular weight excluding hydrogens is 356 g/mol. The molecule has 0 saturated carbocycles. The Morgan fingerprint density at radius 1 is 1.15 bits per heavy atom. The summed E-state index contributed by atoms with van der Waals surface area (Å²) in [5.74, 6) is 1.43. The van der Waals surface area contributed by atoms with E-state index in [9.17, 15) is 4.79 Å². The van der Waals surface area contributed by atoms with Crippen molar-refractivity contribution >= 4 is 28.4 Å². The number of carbonyl (C=O) groups is 1. The molecule has 1 aromatic heterocycles. The zero-order valence-corrected chi connectivity index (χ0v) is 16.3. The van der Waals surface area contributed by atoms with Crippen LogP contribution in [0.15, 0.2) is 47.6 Å². The van der Waals surface area contributed by atoms with Gasteiger partial charge in [0.25, 0.3) is 0 Å². The van der Waals surface area contributed by atoms with Gasteiger partial charge in [-0.2, -0.15) is 0 Å². The van der Waals surface area contributed by atoms with E-state index in [1.54, 1.807) is 0 Å². The van der Waals surface area contributed by atoms with Crippen LogP contribution in [-0.4, -0.2) is 26.4 Å². The lowest BCUT2D eigenvalue weighted by atomic mass is 10.00. The molecule has 0 spiro atoms. The first-order chi connectivity index (χ1) is 13.2. The standard InChI is InChI=1S/C21H24N4OS/c1-15(17-11-7-9-16-8-4-5-10-18(16)17)22-20(26)14-27-21-24-23-19-12-3-2-6-13-25(19)21/h4-5,7-11,15H,2-3,6,12-14H2,1H3,(H,22,26). The zero-order valence-electron chi connectivity index (χ0n) is 15.5. The first-order valence-corrected chi connectivity index (χ1v) is 10.5. The van der Waals surface area contributed by atoms with Crippen molar-refractivity contribution in [1.29, 1.82) is 0 Å². The average molecular weight is 381 g/mol. The quantitative estimate of drug-likeness (QED) is 0.676. The highest BCUT2D eigenvalue weighted by Gasteiger charge is 2.17. The highest BCUT2D eigenvalue weighted by molar-refractivity contribution is 7.99. The van der Waals surface area contributed by atoms with Crippen LogP contribution in [0.4, 0.5) is 0 Å². The van der Waals surface area contributed by atoms with Crippen molar-refractivity contribution in [3.05, 3.63) is 53.9 Å². The topological polar surface area (TPSA) is 59.8 Å². The van der Waals surface area contributed by atoms with Crippen molar-refractivity contribution in [3.8, 4) is 0 Å². The molecule has 2 aromatic carbocycles. The van der Waals surface area contributed by atoms with Gasteiger partial charge in [-0.15, -0.1) is 10.2 Å². The first kappa shape index (κ1) is 18.0. The van der Waals surface area contributed by atoms with Crippen molar-refractivity contribution in [2.75, 3.05) is 5.75 Å². The van der Waals surface area contributed by atoms with Gasteiger partial charge in [-0.1, -0.05) is 60.6 Å². The van der Waals surface area contributed by atoms with Gasteiger partial charge in [-0.05, 0) is 36.1 Å². The minimum absolute atomic E-state index is 0.0198. The Morgan fingerprint density at radius 3 is 2.93 bits per heavy atom. The Balaban J connectivity index is 1.40. The van der Waals surface area contributed by atoms with Crippen molar-refractivity contribution in [2.45, 2.75) is 50.4 Å². The molecule has 0 bridgehead atoms. The van der Waals surface area contributed by atoms with E-state index in [1.807, 2.05) is 25.1 Å². The van der Waals surface area contributed by atoms with Gasteiger partial charge in [-0.3, -0.25) is 4.79 Å². The SMILES string of the molecule is CC(NC(=O)CSc1nnc2n1CCCCC2)c1cccc2ccccc12. The van der Waals surface area contributed by atoms with Gasteiger partial charge in [0.1, 0.15) is 5.82 Å². The molecule has 27 heavy (non-hydrogen) atoms. The number of aryl methyl sites for hydroxylation is 1. The zero-order chi connectivity index (χ0) is 18.6. The van der Waals surface area contributed by atoms with Crippen LogP contribution in [0.1, 0.15) is 43.6 Å². The van der Waals surface area contributed by atoms with Crippen LogP contribution in [0.3, 0.4) is 0 Å². The molecule has 3 aromatic rings. The van der Waals surface area contributed by atoms with Gasteiger partial charge >= 0.3 is 0 Å². The molecule has 1 unspecified atom stereocenters. The summed E-state index contributed by atoms with van der Waals surface area (Å²) in [6, 6.07) is 14.5. The van der Waals surface area contributed by atoms with Gasteiger partial charge in [0.15, 0.2) is 5.16 Å². The number of hydrogen-bond donors (Lipinski definition) is 1. The number of hydrogen-bond acceptors (Lipinski definition) is 4. The summed E-state index contributed by atoms with van der Waals surface area (Å²) >= 11 is 1.48. The Labute approximate surface area is 163 Å². The van der Waals surface area contributed by atoms with E-state index < -0.39 is 0 Å². The summed E-state index contributed by atoms with van der Waals surface area (Å²) in [6.07, 6.45) is 4.54. The van der Waals surface area contributed by atoms with Gasteiger partial charge in [0, 0.05) is 13.0 Å². The number of nitrogens with zero attached hydrogens (tertiary/aromatic N) is 3. The number of carbonyl (C=O) groups excluding carboxylic acids is 1. The molecule has 1 atom stereocenters. The highest BCUT2D eigenvalue weighted by atomic mass is 32.2. The van der Waals surface area contributed by atoms with Crippen LogP contribution in [0, 0.1) is 0 Å². The minimum Gasteiger partial charge on any atom is -0.349 e. The van der Waals surface area contributed by atoms with Gasteiger partial charge in [-0.25, -0.2) is 0 Å². The smallest absolute Gasteiger partial charge is 0.230 e. The number of benzene rings is 2. The van der Waals surface area contributed by atoms with Crippen LogP contribution in [0.2, 0.25) is 0 Å². The maximum atomic E-state index is 12.5. The molecule has 6 heteroatoms. The van der Waals surface area contributed by atoms with Gasteiger partial charge in [0.2, 0.25) is 5.91 Å². The van der Waals surface area contributed by atoms with Crippen molar-refractivity contribution in [3.63, 3.8) is 0 Å². The number of nitrogens with one attached hydrogen (secondary N) is 1. The summed E-state index contributed by atoms with van der Waals surface area (Å²) in [4.78, 5) is 12.5. The second-order valence-corrected chi connectivity index (χ2v) is 7.95. The molecule has 0 saturated heterocycles. The fraction of sp³-hybridized carbons (Fsp3) is 0.381. The van der Waals surface area contributed by atoms with E-state index in [1.165, 1.54) is 35.4 Å². The molecule has 140 valence electrons. The number of rotatable bonds is 5. The number of aromatic nitrogens is 3. The lowest BCUT2D eigenvalue weighted by molar-refractivity contribution is -0.119. The number of thioether (sulfide) groups is 1. The normalized spacial score (nSPS) is 15.1. The maximum Gasteiger partial charge on any atom is 0.230 e.